The second-order valence-corrected chi connectivity index (χ2v) is 5.39. The molecular weight excluding hydrogens is 320 g/mol. The lowest BCUT2D eigenvalue weighted by Crippen LogP contribution is -2.35. The van der Waals surface area contributed by atoms with Gasteiger partial charge in [-0.3, -0.25) is 9.59 Å². The van der Waals surface area contributed by atoms with Gasteiger partial charge < -0.3 is 10.2 Å². The Morgan fingerprint density at radius 2 is 1.95 bits per heavy atom. The molecule has 0 radical (unpaired) electrons. The fraction of sp³-hybridized carbons (Fsp3) is 0.0667. The molecule has 1 N–H and O–H groups in total. The molecule has 0 saturated carbocycles. The SMILES string of the molecule is O=Cc1cc(Br)ccc1N1CC(=O)Nc2ccccc21. The van der Waals surface area contributed by atoms with Gasteiger partial charge in [0.1, 0.15) is 6.54 Å². The number of anilines is 3. The van der Waals surface area contributed by atoms with Gasteiger partial charge in [-0.25, -0.2) is 0 Å². The van der Waals surface area contributed by atoms with Crippen LogP contribution in [0.25, 0.3) is 0 Å². The molecule has 0 aromatic heterocycles. The zero-order chi connectivity index (χ0) is 14.1. The monoisotopic (exact) mass is 330 g/mol. The van der Waals surface area contributed by atoms with Crippen molar-refractivity contribution in [1.29, 1.82) is 0 Å². The minimum atomic E-state index is -0.0940. The summed E-state index contributed by atoms with van der Waals surface area (Å²) in [4.78, 5) is 24.9. The number of rotatable bonds is 2. The average molecular weight is 331 g/mol. The zero-order valence-corrected chi connectivity index (χ0v) is 12.1. The van der Waals surface area contributed by atoms with E-state index in [2.05, 4.69) is 21.2 Å². The highest BCUT2D eigenvalue weighted by Crippen LogP contribution is 2.36. The minimum absolute atomic E-state index is 0.0940. The third kappa shape index (κ3) is 2.20. The molecule has 5 heteroatoms. The Morgan fingerprint density at radius 3 is 2.75 bits per heavy atom. The Labute approximate surface area is 124 Å². The third-order valence-corrected chi connectivity index (χ3v) is 3.67. The predicted octanol–water partition coefficient (Wildman–Crippen LogP) is 3.35. The van der Waals surface area contributed by atoms with E-state index in [1.807, 2.05) is 41.3 Å². The van der Waals surface area contributed by atoms with Gasteiger partial charge in [0.15, 0.2) is 6.29 Å². The van der Waals surface area contributed by atoms with Crippen molar-refractivity contribution in [3.05, 3.63) is 52.5 Å². The van der Waals surface area contributed by atoms with Crippen LogP contribution in [0.4, 0.5) is 17.1 Å². The molecule has 2 aromatic carbocycles. The molecular formula is C15H11BrN2O2. The van der Waals surface area contributed by atoms with Crippen molar-refractivity contribution < 1.29 is 9.59 Å². The van der Waals surface area contributed by atoms with Gasteiger partial charge in [0, 0.05) is 10.0 Å². The molecule has 0 aliphatic carbocycles. The van der Waals surface area contributed by atoms with Crippen molar-refractivity contribution in [2.75, 3.05) is 16.8 Å². The van der Waals surface area contributed by atoms with Gasteiger partial charge in [0.05, 0.1) is 17.1 Å². The number of halogens is 1. The highest BCUT2D eigenvalue weighted by molar-refractivity contribution is 9.10. The molecule has 0 saturated heterocycles. The van der Waals surface area contributed by atoms with Crippen LogP contribution in [0.3, 0.4) is 0 Å². The first kappa shape index (κ1) is 12.9. The van der Waals surface area contributed by atoms with E-state index in [0.717, 1.165) is 27.8 Å². The fourth-order valence-corrected chi connectivity index (χ4v) is 2.69. The molecule has 0 bridgehead atoms. The molecule has 0 unspecified atom stereocenters. The number of fused-ring (bicyclic) bond motifs is 1. The van der Waals surface area contributed by atoms with Crippen molar-refractivity contribution in [3.8, 4) is 0 Å². The van der Waals surface area contributed by atoms with E-state index in [-0.39, 0.29) is 12.5 Å². The third-order valence-electron chi connectivity index (χ3n) is 3.18. The smallest absolute Gasteiger partial charge is 0.244 e. The van der Waals surface area contributed by atoms with Crippen molar-refractivity contribution in [2.24, 2.45) is 0 Å². The highest BCUT2D eigenvalue weighted by Gasteiger charge is 2.24. The second-order valence-electron chi connectivity index (χ2n) is 4.47. The maximum Gasteiger partial charge on any atom is 0.244 e. The molecule has 20 heavy (non-hydrogen) atoms. The van der Waals surface area contributed by atoms with Gasteiger partial charge in [-0.05, 0) is 30.3 Å². The predicted molar refractivity (Wildman–Crippen MR) is 81.6 cm³/mol. The number of aldehydes is 1. The number of para-hydroxylation sites is 2. The van der Waals surface area contributed by atoms with Gasteiger partial charge in [-0.15, -0.1) is 0 Å². The molecule has 100 valence electrons. The summed E-state index contributed by atoms with van der Waals surface area (Å²) in [5, 5.41) is 2.83. The lowest BCUT2D eigenvalue weighted by Gasteiger charge is -2.31. The van der Waals surface area contributed by atoms with E-state index in [4.69, 9.17) is 0 Å². The van der Waals surface area contributed by atoms with Crippen molar-refractivity contribution >= 4 is 45.2 Å². The average Bonchev–Trinajstić information content (AvgIpc) is 2.46. The Kier molecular flexibility index (Phi) is 3.28. The topological polar surface area (TPSA) is 49.4 Å². The van der Waals surface area contributed by atoms with Crippen LogP contribution in [0, 0.1) is 0 Å². The summed E-state index contributed by atoms with van der Waals surface area (Å²) in [7, 11) is 0. The maximum atomic E-state index is 11.8. The Morgan fingerprint density at radius 1 is 1.15 bits per heavy atom. The maximum absolute atomic E-state index is 11.8. The number of carbonyl (C=O) groups is 2. The van der Waals surface area contributed by atoms with Crippen LogP contribution < -0.4 is 10.2 Å². The van der Waals surface area contributed by atoms with Gasteiger partial charge in [0.25, 0.3) is 0 Å². The van der Waals surface area contributed by atoms with Gasteiger partial charge >= 0.3 is 0 Å². The lowest BCUT2D eigenvalue weighted by atomic mass is 10.1. The van der Waals surface area contributed by atoms with E-state index < -0.39 is 0 Å². The van der Waals surface area contributed by atoms with Gasteiger partial charge in [0.2, 0.25) is 5.91 Å². The first-order valence-corrected chi connectivity index (χ1v) is 6.89. The summed E-state index contributed by atoms with van der Waals surface area (Å²) in [6, 6.07) is 13.0. The first-order chi connectivity index (χ1) is 9.69. The molecule has 1 heterocycles. The minimum Gasteiger partial charge on any atom is -0.330 e. The van der Waals surface area contributed by atoms with Crippen molar-refractivity contribution in [3.63, 3.8) is 0 Å². The zero-order valence-electron chi connectivity index (χ0n) is 10.5. The molecule has 1 aliphatic rings. The largest absolute Gasteiger partial charge is 0.330 e. The standard InChI is InChI=1S/C15H11BrN2O2/c16-11-5-6-13(10(7-11)9-19)18-8-15(20)17-12-3-1-2-4-14(12)18/h1-7,9H,8H2,(H,17,20). The van der Waals surface area contributed by atoms with Crippen LogP contribution in [-0.4, -0.2) is 18.7 Å². The fourth-order valence-electron chi connectivity index (χ4n) is 2.31. The van der Waals surface area contributed by atoms with Crippen LogP contribution >= 0.6 is 15.9 Å². The van der Waals surface area contributed by atoms with E-state index in [1.165, 1.54) is 0 Å². The summed E-state index contributed by atoms with van der Waals surface area (Å²) >= 11 is 3.35. The molecule has 0 atom stereocenters. The molecule has 0 fully saturated rings. The van der Waals surface area contributed by atoms with Gasteiger partial charge in [-0.2, -0.15) is 0 Å². The Balaban J connectivity index is 2.15. The molecule has 2 aromatic rings. The lowest BCUT2D eigenvalue weighted by molar-refractivity contribution is -0.115. The number of carbonyl (C=O) groups excluding carboxylic acids is 2. The quantitative estimate of drug-likeness (QED) is 0.859. The van der Waals surface area contributed by atoms with Crippen LogP contribution in [0.2, 0.25) is 0 Å². The summed E-state index contributed by atoms with van der Waals surface area (Å²) in [5.74, 6) is -0.0940. The number of hydrogen-bond acceptors (Lipinski definition) is 3. The molecule has 1 aliphatic heterocycles. The van der Waals surface area contributed by atoms with E-state index in [1.54, 1.807) is 6.07 Å². The van der Waals surface area contributed by atoms with Crippen LogP contribution in [-0.2, 0) is 4.79 Å². The van der Waals surface area contributed by atoms with E-state index in [9.17, 15) is 9.59 Å². The van der Waals surface area contributed by atoms with E-state index >= 15 is 0 Å². The number of hydrogen-bond donors (Lipinski definition) is 1. The van der Waals surface area contributed by atoms with Crippen molar-refractivity contribution in [2.45, 2.75) is 0 Å². The summed E-state index contributed by atoms with van der Waals surface area (Å²) in [6.45, 7) is 0.194. The normalized spacial score (nSPS) is 13.7. The van der Waals surface area contributed by atoms with Crippen LogP contribution in [0.15, 0.2) is 46.9 Å². The summed E-state index contributed by atoms with van der Waals surface area (Å²) in [5.41, 5.74) is 2.91. The highest BCUT2D eigenvalue weighted by atomic mass is 79.9. The van der Waals surface area contributed by atoms with Crippen LogP contribution in [0.5, 0.6) is 0 Å². The first-order valence-electron chi connectivity index (χ1n) is 6.10. The van der Waals surface area contributed by atoms with E-state index in [0.29, 0.717) is 5.56 Å². The number of amides is 1. The number of nitrogens with one attached hydrogen (secondary N) is 1. The molecule has 4 nitrogen and oxygen atoms in total. The molecule has 1 amide bonds. The second kappa shape index (κ2) is 5.09. The van der Waals surface area contributed by atoms with Gasteiger partial charge in [-0.1, -0.05) is 28.1 Å². The Bertz CT molecular complexity index is 700. The molecule has 0 spiro atoms. The van der Waals surface area contributed by atoms with Crippen LogP contribution in [0.1, 0.15) is 10.4 Å². The van der Waals surface area contributed by atoms with Crippen molar-refractivity contribution in [1.82, 2.24) is 0 Å². The number of benzene rings is 2. The summed E-state index contributed by atoms with van der Waals surface area (Å²) in [6.07, 6.45) is 0.801. The molecule has 3 rings (SSSR count). The summed E-state index contributed by atoms with van der Waals surface area (Å²) < 4.78 is 0.832. The number of nitrogens with zero attached hydrogens (tertiary/aromatic N) is 1. The Hall–Kier alpha value is -2.14.